The predicted molar refractivity (Wildman–Crippen MR) is 116 cm³/mol. The maximum Gasteiger partial charge on any atom is 0.251 e. The van der Waals surface area contributed by atoms with Crippen molar-refractivity contribution in [3.63, 3.8) is 0 Å². The third-order valence-electron chi connectivity index (χ3n) is 5.14. The summed E-state index contributed by atoms with van der Waals surface area (Å²) in [5.74, 6) is 1.06. The summed E-state index contributed by atoms with van der Waals surface area (Å²) in [5.41, 5.74) is 1.14. The molecule has 0 bridgehead atoms. The molecule has 29 heavy (non-hydrogen) atoms. The van der Waals surface area contributed by atoms with Crippen molar-refractivity contribution >= 4 is 34.8 Å². The van der Waals surface area contributed by atoms with E-state index in [0.29, 0.717) is 35.9 Å². The Labute approximate surface area is 176 Å². The van der Waals surface area contributed by atoms with Crippen LogP contribution < -0.4 is 16.0 Å². The number of furan rings is 1. The van der Waals surface area contributed by atoms with Crippen LogP contribution in [0.2, 0.25) is 0 Å². The molecule has 0 atom stereocenters. The van der Waals surface area contributed by atoms with Crippen molar-refractivity contribution in [2.45, 2.75) is 51.5 Å². The van der Waals surface area contributed by atoms with Crippen LogP contribution in [0.25, 0.3) is 0 Å². The maximum atomic E-state index is 12.3. The van der Waals surface area contributed by atoms with E-state index in [1.54, 1.807) is 42.7 Å². The van der Waals surface area contributed by atoms with Gasteiger partial charge in [0.15, 0.2) is 5.11 Å². The van der Waals surface area contributed by atoms with E-state index >= 15 is 0 Å². The van der Waals surface area contributed by atoms with Crippen LogP contribution in [0.5, 0.6) is 0 Å². The quantitative estimate of drug-likeness (QED) is 0.587. The zero-order chi connectivity index (χ0) is 20.5. The standard InChI is InChI=1S/C22H27N3O3S/c26-20(12-11-16-6-2-1-3-7-16)25-22(29)24-18-9-4-8-17(14-18)21(27)23-15-19-10-5-13-28-19/h4-5,8-10,13-14,16H,1-3,6-7,11-12,15H2,(H,23,27)(H2,24,25,26,29). The molecule has 1 aliphatic rings. The second-order valence-electron chi connectivity index (χ2n) is 7.39. The Hall–Kier alpha value is -2.67. The van der Waals surface area contributed by atoms with E-state index in [9.17, 15) is 9.59 Å². The van der Waals surface area contributed by atoms with Crippen molar-refractivity contribution in [3.8, 4) is 0 Å². The monoisotopic (exact) mass is 413 g/mol. The smallest absolute Gasteiger partial charge is 0.251 e. The first-order chi connectivity index (χ1) is 14.1. The summed E-state index contributed by atoms with van der Waals surface area (Å²) in [7, 11) is 0. The molecule has 1 saturated carbocycles. The van der Waals surface area contributed by atoms with Gasteiger partial charge in [-0.25, -0.2) is 0 Å². The third-order valence-corrected chi connectivity index (χ3v) is 5.35. The van der Waals surface area contributed by atoms with E-state index in [-0.39, 0.29) is 16.9 Å². The summed E-state index contributed by atoms with van der Waals surface area (Å²) in [6.07, 6.45) is 9.29. The summed E-state index contributed by atoms with van der Waals surface area (Å²) in [5, 5.41) is 8.75. The topological polar surface area (TPSA) is 83.4 Å². The Bertz CT molecular complexity index is 830. The van der Waals surface area contributed by atoms with Gasteiger partial charge in [0.25, 0.3) is 5.91 Å². The molecule has 7 heteroatoms. The van der Waals surface area contributed by atoms with E-state index in [1.807, 2.05) is 0 Å². The molecule has 0 saturated heterocycles. The number of amides is 2. The lowest BCUT2D eigenvalue weighted by Gasteiger charge is -2.21. The number of nitrogens with one attached hydrogen (secondary N) is 3. The molecular weight excluding hydrogens is 386 g/mol. The minimum absolute atomic E-state index is 0.0691. The molecule has 1 aromatic heterocycles. The fourth-order valence-corrected chi connectivity index (χ4v) is 3.82. The van der Waals surface area contributed by atoms with Crippen LogP contribution in [0.3, 0.4) is 0 Å². The molecule has 1 heterocycles. The summed E-state index contributed by atoms with van der Waals surface area (Å²) >= 11 is 5.24. The summed E-state index contributed by atoms with van der Waals surface area (Å²) in [6.45, 7) is 0.318. The van der Waals surface area contributed by atoms with E-state index in [0.717, 1.165) is 6.42 Å². The Morgan fingerprint density at radius 1 is 1.10 bits per heavy atom. The number of carbonyl (C=O) groups excluding carboxylic acids is 2. The predicted octanol–water partition coefficient (Wildman–Crippen LogP) is 4.38. The lowest BCUT2D eigenvalue weighted by Crippen LogP contribution is -2.34. The van der Waals surface area contributed by atoms with Gasteiger partial charge in [0.2, 0.25) is 5.91 Å². The molecule has 1 aliphatic carbocycles. The molecule has 2 aromatic rings. The summed E-state index contributed by atoms with van der Waals surface area (Å²) < 4.78 is 5.21. The molecule has 1 aromatic carbocycles. The fraction of sp³-hybridized carbons (Fsp3) is 0.409. The molecule has 154 valence electrons. The SMILES string of the molecule is O=C(CCC1CCCCC1)NC(=S)Nc1cccc(C(=O)NCc2ccco2)c1. The van der Waals surface area contributed by atoms with Crippen LogP contribution in [0, 0.1) is 5.92 Å². The number of hydrogen-bond acceptors (Lipinski definition) is 4. The van der Waals surface area contributed by atoms with Gasteiger partial charge in [-0.2, -0.15) is 0 Å². The Kier molecular flexibility index (Phi) is 7.81. The van der Waals surface area contributed by atoms with Gasteiger partial charge in [-0.3, -0.25) is 9.59 Å². The van der Waals surface area contributed by atoms with Crippen molar-refractivity contribution in [3.05, 3.63) is 54.0 Å². The number of anilines is 1. The molecule has 3 rings (SSSR count). The van der Waals surface area contributed by atoms with Crippen molar-refractivity contribution in [2.75, 3.05) is 5.32 Å². The van der Waals surface area contributed by atoms with Gasteiger partial charge in [-0.15, -0.1) is 0 Å². The van der Waals surface area contributed by atoms with Gasteiger partial charge in [-0.05, 0) is 54.9 Å². The van der Waals surface area contributed by atoms with Gasteiger partial charge < -0.3 is 20.4 Å². The highest BCUT2D eigenvalue weighted by molar-refractivity contribution is 7.80. The average Bonchev–Trinajstić information content (AvgIpc) is 3.25. The lowest BCUT2D eigenvalue weighted by molar-refractivity contribution is -0.120. The van der Waals surface area contributed by atoms with Gasteiger partial charge in [0.05, 0.1) is 12.8 Å². The first kappa shape index (κ1) is 21.0. The van der Waals surface area contributed by atoms with E-state index < -0.39 is 0 Å². The molecule has 0 unspecified atom stereocenters. The highest BCUT2D eigenvalue weighted by Crippen LogP contribution is 2.27. The lowest BCUT2D eigenvalue weighted by atomic mass is 9.86. The van der Waals surface area contributed by atoms with Gasteiger partial charge in [0.1, 0.15) is 5.76 Å². The summed E-state index contributed by atoms with van der Waals surface area (Å²) in [4.78, 5) is 24.5. The van der Waals surface area contributed by atoms with Crippen molar-refractivity contribution < 1.29 is 14.0 Å². The Balaban J connectivity index is 1.44. The van der Waals surface area contributed by atoms with Gasteiger partial charge >= 0.3 is 0 Å². The van der Waals surface area contributed by atoms with Gasteiger partial charge in [-0.1, -0.05) is 38.2 Å². The number of carbonyl (C=O) groups is 2. The molecule has 2 amide bonds. The largest absolute Gasteiger partial charge is 0.467 e. The highest BCUT2D eigenvalue weighted by atomic mass is 32.1. The van der Waals surface area contributed by atoms with Crippen LogP contribution in [-0.4, -0.2) is 16.9 Å². The number of benzene rings is 1. The minimum Gasteiger partial charge on any atom is -0.467 e. The second kappa shape index (κ2) is 10.8. The molecule has 0 radical (unpaired) electrons. The van der Waals surface area contributed by atoms with Crippen molar-refractivity contribution in [2.24, 2.45) is 5.92 Å². The number of thiocarbonyl (C=S) groups is 1. The van der Waals surface area contributed by atoms with E-state index in [1.165, 1.54) is 32.1 Å². The van der Waals surface area contributed by atoms with Crippen LogP contribution in [0.15, 0.2) is 47.1 Å². The van der Waals surface area contributed by atoms with Crippen LogP contribution in [-0.2, 0) is 11.3 Å². The maximum absolute atomic E-state index is 12.3. The highest BCUT2D eigenvalue weighted by Gasteiger charge is 2.15. The minimum atomic E-state index is -0.215. The van der Waals surface area contributed by atoms with Gasteiger partial charge in [0, 0.05) is 17.7 Å². The average molecular weight is 414 g/mol. The molecule has 0 spiro atoms. The molecule has 1 fully saturated rings. The molecular formula is C22H27N3O3S. The number of rotatable bonds is 7. The zero-order valence-electron chi connectivity index (χ0n) is 16.4. The Morgan fingerprint density at radius 3 is 2.69 bits per heavy atom. The first-order valence-corrected chi connectivity index (χ1v) is 10.5. The zero-order valence-corrected chi connectivity index (χ0v) is 17.2. The van der Waals surface area contributed by atoms with E-state index in [2.05, 4.69) is 16.0 Å². The van der Waals surface area contributed by atoms with E-state index in [4.69, 9.17) is 16.6 Å². The fourth-order valence-electron chi connectivity index (χ4n) is 3.58. The van der Waals surface area contributed by atoms with Crippen molar-refractivity contribution in [1.82, 2.24) is 10.6 Å². The molecule has 0 aliphatic heterocycles. The Morgan fingerprint density at radius 2 is 1.93 bits per heavy atom. The number of hydrogen-bond donors (Lipinski definition) is 3. The summed E-state index contributed by atoms with van der Waals surface area (Å²) in [6, 6.07) is 10.5. The van der Waals surface area contributed by atoms with Crippen LogP contribution in [0.4, 0.5) is 5.69 Å². The normalized spacial score (nSPS) is 14.2. The van der Waals surface area contributed by atoms with Crippen LogP contribution in [0.1, 0.15) is 61.1 Å². The third kappa shape index (κ3) is 7.02. The second-order valence-corrected chi connectivity index (χ2v) is 7.80. The molecule has 3 N–H and O–H groups in total. The molecule has 6 nitrogen and oxygen atoms in total. The first-order valence-electron chi connectivity index (χ1n) is 10.1. The van der Waals surface area contributed by atoms with Crippen LogP contribution >= 0.6 is 12.2 Å². The van der Waals surface area contributed by atoms with Crippen molar-refractivity contribution in [1.29, 1.82) is 0 Å².